The van der Waals surface area contributed by atoms with Crippen molar-refractivity contribution in [1.82, 2.24) is 24.1 Å². The highest BCUT2D eigenvalue weighted by atomic mass is 35.5. The first kappa shape index (κ1) is 27.0. The van der Waals surface area contributed by atoms with Crippen molar-refractivity contribution < 1.29 is 23.0 Å². The van der Waals surface area contributed by atoms with Crippen LogP contribution in [-0.4, -0.2) is 41.5 Å². The molecule has 2 atom stereocenters. The number of aliphatic hydroxyl groups excluding tert-OH is 1. The number of aromatic amines is 1. The number of halogens is 6. The largest absolute Gasteiger partial charge is 0.469 e. The predicted molar refractivity (Wildman–Crippen MR) is 131 cm³/mol. The van der Waals surface area contributed by atoms with Crippen LogP contribution in [0.4, 0.5) is 13.2 Å². The number of fused-ring (bicyclic) bond motifs is 1. The van der Waals surface area contributed by atoms with Gasteiger partial charge in [0.15, 0.2) is 17.3 Å². The van der Waals surface area contributed by atoms with E-state index in [1.54, 1.807) is 25.1 Å². The Kier molecular flexibility index (Phi) is 7.30. The van der Waals surface area contributed by atoms with E-state index in [4.69, 9.17) is 39.5 Å². The number of ether oxygens (including phenoxy) is 1. The lowest BCUT2D eigenvalue weighted by molar-refractivity contribution is -0.207. The van der Waals surface area contributed by atoms with Crippen LogP contribution in [0.1, 0.15) is 18.6 Å². The molecule has 3 aromatic heterocycles. The molecule has 0 aliphatic rings. The lowest BCUT2D eigenvalue weighted by Crippen LogP contribution is -2.39. The van der Waals surface area contributed by atoms with Gasteiger partial charge in [0.2, 0.25) is 5.88 Å². The fourth-order valence-corrected chi connectivity index (χ4v) is 4.42. The molecule has 0 amide bonds. The minimum absolute atomic E-state index is 0.0609. The Morgan fingerprint density at radius 2 is 1.86 bits per heavy atom. The van der Waals surface area contributed by atoms with Gasteiger partial charge in [0.05, 0.1) is 6.54 Å². The van der Waals surface area contributed by atoms with E-state index < -0.39 is 36.2 Å². The van der Waals surface area contributed by atoms with Crippen molar-refractivity contribution in [3.8, 4) is 17.3 Å². The Morgan fingerprint density at radius 1 is 1.16 bits per heavy atom. The van der Waals surface area contributed by atoms with Crippen molar-refractivity contribution in [1.29, 1.82) is 0 Å². The zero-order chi connectivity index (χ0) is 27.2. The quantitative estimate of drug-likeness (QED) is 0.348. The summed E-state index contributed by atoms with van der Waals surface area (Å²) in [6, 6.07) is 6.35. The summed E-state index contributed by atoms with van der Waals surface area (Å²) in [4.78, 5) is 35.0. The van der Waals surface area contributed by atoms with Gasteiger partial charge >= 0.3 is 11.9 Å². The molecule has 37 heavy (non-hydrogen) atoms. The smallest absolute Gasteiger partial charge is 0.416 e. The summed E-state index contributed by atoms with van der Waals surface area (Å²) >= 11 is 18.5. The Balaban J connectivity index is 1.72. The second kappa shape index (κ2) is 10.0. The topological polar surface area (TPSA) is 115 Å². The lowest BCUT2D eigenvalue weighted by atomic mass is 10.1. The number of alkyl halides is 3. The summed E-state index contributed by atoms with van der Waals surface area (Å²) in [6.45, 7) is 0.566. The van der Waals surface area contributed by atoms with E-state index in [1.807, 2.05) is 4.98 Å². The standard InChI is InChI=1S/C22H17Cl3F3N5O4/c1-9(12-4-3-11(23)6-13(12)24)37-20-14(25)5-10(7-29-20)17-30-18-16(32(17)2)19(35)31-21(36)33(18)8-15(34)22(26,27)28/h3-7,9,15,34H,8H2,1-2H3,(H,31,35,36). The van der Waals surface area contributed by atoms with Gasteiger partial charge in [-0.1, -0.05) is 40.9 Å². The van der Waals surface area contributed by atoms with Gasteiger partial charge in [-0.05, 0) is 25.1 Å². The van der Waals surface area contributed by atoms with E-state index in [0.717, 1.165) is 0 Å². The van der Waals surface area contributed by atoms with Gasteiger partial charge in [-0.15, -0.1) is 0 Å². The van der Waals surface area contributed by atoms with Gasteiger partial charge in [-0.2, -0.15) is 13.2 Å². The number of hydrogen-bond donors (Lipinski definition) is 2. The average molecular weight is 579 g/mol. The number of imidazole rings is 1. The van der Waals surface area contributed by atoms with Gasteiger partial charge in [-0.3, -0.25) is 14.3 Å². The molecule has 4 rings (SSSR count). The molecule has 9 nitrogen and oxygen atoms in total. The molecule has 2 unspecified atom stereocenters. The predicted octanol–water partition coefficient (Wildman–Crippen LogP) is 4.51. The number of pyridine rings is 1. The van der Waals surface area contributed by atoms with Crippen LogP contribution >= 0.6 is 34.8 Å². The number of rotatable bonds is 6. The number of aryl methyl sites for hydroxylation is 1. The molecule has 2 N–H and O–H groups in total. The van der Waals surface area contributed by atoms with Crippen LogP contribution in [-0.2, 0) is 13.6 Å². The molecule has 0 aliphatic carbocycles. The third-order valence-electron chi connectivity index (χ3n) is 5.50. The van der Waals surface area contributed by atoms with Gasteiger partial charge in [0.1, 0.15) is 17.0 Å². The number of benzene rings is 1. The second-order valence-electron chi connectivity index (χ2n) is 8.03. The number of nitrogens with one attached hydrogen (secondary N) is 1. The minimum Gasteiger partial charge on any atom is -0.469 e. The molecular formula is C22H17Cl3F3N5O4. The molecule has 0 saturated carbocycles. The Bertz CT molecular complexity index is 1620. The van der Waals surface area contributed by atoms with Crippen molar-refractivity contribution in [2.75, 3.05) is 0 Å². The SMILES string of the molecule is CC(Oc1ncc(-c2nc3c(c(=O)[nH]c(=O)n3CC(O)C(F)(F)F)n2C)cc1Cl)c1ccc(Cl)cc1Cl. The van der Waals surface area contributed by atoms with Gasteiger partial charge in [0, 0.05) is 34.4 Å². The molecule has 0 fully saturated rings. The first-order valence-electron chi connectivity index (χ1n) is 10.5. The number of hydrogen-bond acceptors (Lipinski definition) is 6. The summed E-state index contributed by atoms with van der Waals surface area (Å²) in [6.07, 6.45) is -7.06. The van der Waals surface area contributed by atoms with Crippen LogP contribution in [0.15, 0.2) is 40.1 Å². The molecule has 3 heterocycles. The van der Waals surface area contributed by atoms with E-state index in [2.05, 4.69) is 9.97 Å². The van der Waals surface area contributed by atoms with Crippen LogP contribution in [0.3, 0.4) is 0 Å². The van der Waals surface area contributed by atoms with Crippen molar-refractivity contribution >= 4 is 46.0 Å². The van der Waals surface area contributed by atoms with Crippen LogP contribution in [0.5, 0.6) is 5.88 Å². The molecule has 4 aromatic rings. The van der Waals surface area contributed by atoms with E-state index in [9.17, 15) is 27.9 Å². The maximum atomic E-state index is 12.9. The van der Waals surface area contributed by atoms with Crippen LogP contribution in [0.2, 0.25) is 15.1 Å². The zero-order valence-electron chi connectivity index (χ0n) is 19.0. The van der Waals surface area contributed by atoms with E-state index >= 15 is 0 Å². The summed E-state index contributed by atoms with van der Waals surface area (Å²) in [5, 5.41) is 10.4. The lowest BCUT2D eigenvalue weighted by Gasteiger charge is -2.17. The highest BCUT2D eigenvalue weighted by Crippen LogP contribution is 2.34. The normalized spacial score (nSPS) is 13.6. The minimum atomic E-state index is -4.99. The van der Waals surface area contributed by atoms with E-state index in [1.165, 1.54) is 23.9 Å². The van der Waals surface area contributed by atoms with Crippen LogP contribution in [0, 0.1) is 0 Å². The van der Waals surface area contributed by atoms with Crippen molar-refractivity contribution in [3.63, 3.8) is 0 Å². The monoisotopic (exact) mass is 577 g/mol. The van der Waals surface area contributed by atoms with E-state index in [0.29, 0.717) is 20.2 Å². The third kappa shape index (κ3) is 5.33. The average Bonchev–Trinajstić information content (AvgIpc) is 3.14. The van der Waals surface area contributed by atoms with Crippen molar-refractivity contribution in [3.05, 3.63) is 71.9 Å². The molecular weight excluding hydrogens is 562 g/mol. The Morgan fingerprint density at radius 3 is 2.49 bits per heavy atom. The summed E-state index contributed by atoms with van der Waals surface area (Å²) in [5.74, 6) is 0.141. The van der Waals surface area contributed by atoms with Gasteiger partial charge in [0.25, 0.3) is 5.56 Å². The summed E-state index contributed by atoms with van der Waals surface area (Å²) in [5.41, 5.74) is -1.64. The fraction of sp³-hybridized carbons (Fsp3) is 0.273. The number of aromatic nitrogens is 5. The Labute approximate surface area is 221 Å². The number of aliphatic hydroxyl groups is 1. The third-order valence-corrected chi connectivity index (χ3v) is 6.33. The Hall–Kier alpha value is -3.06. The molecule has 0 aliphatic heterocycles. The highest BCUT2D eigenvalue weighted by molar-refractivity contribution is 6.35. The van der Waals surface area contributed by atoms with Gasteiger partial charge < -0.3 is 14.4 Å². The summed E-state index contributed by atoms with van der Waals surface area (Å²) < 4.78 is 46.4. The van der Waals surface area contributed by atoms with Crippen molar-refractivity contribution in [2.45, 2.75) is 31.9 Å². The maximum absolute atomic E-state index is 12.9. The number of nitrogens with zero attached hydrogens (tertiary/aromatic N) is 4. The zero-order valence-corrected chi connectivity index (χ0v) is 21.2. The van der Waals surface area contributed by atoms with Crippen LogP contribution < -0.4 is 16.0 Å². The number of H-pyrrole nitrogens is 1. The second-order valence-corrected chi connectivity index (χ2v) is 9.28. The highest BCUT2D eigenvalue weighted by Gasteiger charge is 2.39. The van der Waals surface area contributed by atoms with Gasteiger partial charge in [-0.25, -0.2) is 14.8 Å². The molecule has 196 valence electrons. The maximum Gasteiger partial charge on any atom is 0.416 e. The molecule has 0 bridgehead atoms. The van der Waals surface area contributed by atoms with E-state index in [-0.39, 0.29) is 33.5 Å². The molecule has 0 spiro atoms. The fourth-order valence-electron chi connectivity index (χ4n) is 3.65. The molecule has 1 aromatic carbocycles. The first-order chi connectivity index (χ1) is 17.3. The summed E-state index contributed by atoms with van der Waals surface area (Å²) in [7, 11) is 1.43. The first-order valence-corrected chi connectivity index (χ1v) is 11.6. The molecule has 0 saturated heterocycles. The molecule has 15 heteroatoms. The molecule has 0 radical (unpaired) electrons. The van der Waals surface area contributed by atoms with Crippen molar-refractivity contribution in [2.24, 2.45) is 7.05 Å². The van der Waals surface area contributed by atoms with Crippen LogP contribution in [0.25, 0.3) is 22.6 Å².